The zero-order valence-corrected chi connectivity index (χ0v) is 14.0. The van der Waals surface area contributed by atoms with Gasteiger partial charge >= 0.3 is 0 Å². The molecule has 3 aromatic rings. The van der Waals surface area contributed by atoms with Gasteiger partial charge in [-0.25, -0.2) is 4.99 Å². The largest absolute Gasteiger partial charge is 0.321 e. The lowest BCUT2D eigenvalue weighted by atomic mass is 10.3. The van der Waals surface area contributed by atoms with Crippen LogP contribution in [0.15, 0.2) is 75.2 Å². The Morgan fingerprint density at radius 2 is 1.48 bits per heavy atom. The molecule has 0 amide bonds. The second kappa shape index (κ2) is 7.15. The lowest BCUT2D eigenvalue weighted by molar-refractivity contribution is 0.712. The van der Waals surface area contributed by atoms with Crippen molar-refractivity contribution in [2.24, 2.45) is 15.2 Å². The molecule has 116 valence electrons. The van der Waals surface area contributed by atoms with Gasteiger partial charge in [0, 0.05) is 17.6 Å². The Bertz CT molecular complexity index is 858. The molecule has 0 bridgehead atoms. The van der Waals surface area contributed by atoms with E-state index in [1.807, 2.05) is 54.6 Å². The van der Waals surface area contributed by atoms with Crippen molar-refractivity contribution in [3.63, 3.8) is 0 Å². The lowest BCUT2D eigenvalue weighted by Gasteiger charge is -2.00. The van der Waals surface area contributed by atoms with Crippen molar-refractivity contribution >= 4 is 28.4 Å². The molecule has 2 aromatic carbocycles. The molecule has 23 heavy (non-hydrogen) atoms. The summed E-state index contributed by atoms with van der Waals surface area (Å²) in [7, 11) is 0. The van der Waals surface area contributed by atoms with E-state index < -0.39 is 0 Å². The van der Waals surface area contributed by atoms with Crippen LogP contribution >= 0.6 is 11.3 Å². The van der Waals surface area contributed by atoms with Crippen molar-refractivity contribution in [3.8, 4) is 0 Å². The maximum atomic E-state index is 4.70. The molecule has 0 fully saturated rings. The first-order chi connectivity index (χ1) is 11.3. The molecule has 0 unspecified atom stereocenters. The van der Waals surface area contributed by atoms with E-state index >= 15 is 0 Å². The molecule has 5 heteroatoms. The predicted octanol–water partition coefficient (Wildman–Crippen LogP) is 5.53. The third-order valence-corrected chi connectivity index (χ3v) is 4.40. The first-order valence-electron chi connectivity index (χ1n) is 7.53. The molecule has 0 spiro atoms. The second-order valence-electron chi connectivity index (χ2n) is 5.07. The van der Waals surface area contributed by atoms with Crippen LogP contribution in [0.1, 0.15) is 12.6 Å². The Morgan fingerprint density at radius 3 is 2.13 bits per heavy atom. The fraction of sp³-hybridized carbons (Fsp3) is 0.167. The molecule has 3 rings (SSSR count). The van der Waals surface area contributed by atoms with Crippen molar-refractivity contribution in [1.29, 1.82) is 0 Å². The third-order valence-electron chi connectivity index (χ3n) is 3.42. The molecule has 1 aromatic heterocycles. The Hall–Kier alpha value is -2.53. The van der Waals surface area contributed by atoms with Gasteiger partial charge in [-0.15, -0.1) is 11.3 Å². The molecule has 0 saturated carbocycles. The zero-order chi connectivity index (χ0) is 16.1. The Morgan fingerprint density at radius 1 is 0.870 bits per heavy atom. The second-order valence-corrected chi connectivity index (χ2v) is 5.90. The van der Waals surface area contributed by atoms with Crippen LogP contribution in [-0.4, -0.2) is 4.57 Å². The monoisotopic (exact) mass is 322 g/mol. The fourth-order valence-corrected chi connectivity index (χ4v) is 3.16. The zero-order valence-electron chi connectivity index (χ0n) is 13.2. The summed E-state index contributed by atoms with van der Waals surface area (Å²) >= 11 is 1.66. The van der Waals surface area contributed by atoms with Crippen molar-refractivity contribution in [2.75, 3.05) is 0 Å². The van der Waals surface area contributed by atoms with E-state index in [1.54, 1.807) is 11.3 Å². The Kier molecular flexibility index (Phi) is 4.78. The first-order valence-corrected chi connectivity index (χ1v) is 8.41. The number of thiazole rings is 1. The van der Waals surface area contributed by atoms with E-state index in [1.165, 1.54) is 5.69 Å². The third kappa shape index (κ3) is 3.81. The molecular formula is C18H18N4S. The standard InChI is InChI=1S/C18H18N4S/c1-3-22-14(2)13-23-18(22)19-15-9-11-17(12-10-15)21-20-16-7-5-4-6-8-16/h4-13H,3H2,1-2H3. The highest BCUT2D eigenvalue weighted by Gasteiger charge is 1.99. The van der Waals surface area contributed by atoms with Crippen LogP contribution < -0.4 is 4.80 Å². The van der Waals surface area contributed by atoms with Crippen molar-refractivity contribution in [2.45, 2.75) is 20.4 Å². The highest BCUT2D eigenvalue weighted by Crippen LogP contribution is 2.21. The van der Waals surface area contributed by atoms with Crippen molar-refractivity contribution in [3.05, 3.63) is 70.5 Å². The number of aromatic nitrogens is 1. The quantitative estimate of drug-likeness (QED) is 0.567. The van der Waals surface area contributed by atoms with Crippen LogP contribution in [0, 0.1) is 6.92 Å². The van der Waals surface area contributed by atoms with Gasteiger partial charge in [-0.2, -0.15) is 10.2 Å². The van der Waals surface area contributed by atoms with Crippen LogP contribution in [-0.2, 0) is 6.54 Å². The van der Waals surface area contributed by atoms with Gasteiger partial charge in [0.25, 0.3) is 0 Å². The van der Waals surface area contributed by atoms with E-state index in [9.17, 15) is 0 Å². The van der Waals surface area contributed by atoms with Crippen LogP contribution in [0.25, 0.3) is 0 Å². The summed E-state index contributed by atoms with van der Waals surface area (Å²) in [5, 5.41) is 10.6. The van der Waals surface area contributed by atoms with Gasteiger partial charge in [0.15, 0.2) is 4.80 Å². The van der Waals surface area contributed by atoms with Gasteiger partial charge in [0.1, 0.15) is 0 Å². The topological polar surface area (TPSA) is 42.0 Å². The van der Waals surface area contributed by atoms with E-state index in [0.29, 0.717) is 0 Å². The molecule has 0 radical (unpaired) electrons. The minimum absolute atomic E-state index is 0.818. The van der Waals surface area contributed by atoms with Crippen LogP contribution in [0.5, 0.6) is 0 Å². The summed E-state index contributed by atoms with van der Waals surface area (Å²) in [6, 6.07) is 17.5. The molecule has 0 N–H and O–H groups in total. The molecule has 0 aliphatic carbocycles. The normalized spacial score (nSPS) is 12.2. The predicted molar refractivity (Wildman–Crippen MR) is 95.0 cm³/mol. The number of hydrogen-bond donors (Lipinski definition) is 0. The highest BCUT2D eigenvalue weighted by atomic mass is 32.1. The van der Waals surface area contributed by atoms with E-state index in [0.717, 1.165) is 28.4 Å². The van der Waals surface area contributed by atoms with Crippen molar-refractivity contribution < 1.29 is 0 Å². The minimum atomic E-state index is 0.818. The molecule has 1 heterocycles. The minimum Gasteiger partial charge on any atom is -0.321 e. The van der Waals surface area contributed by atoms with Gasteiger partial charge in [0.05, 0.1) is 17.1 Å². The van der Waals surface area contributed by atoms with Crippen LogP contribution in [0.3, 0.4) is 0 Å². The summed E-state index contributed by atoms with van der Waals surface area (Å²) in [6.07, 6.45) is 0. The van der Waals surface area contributed by atoms with Crippen molar-refractivity contribution in [1.82, 2.24) is 4.57 Å². The van der Waals surface area contributed by atoms with Gasteiger partial charge in [-0.3, -0.25) is 0 Å². The number of azo groups is 1. The van der Waals surface area contributed by atoms with Gasteiger partial charge in [0.2, 0.25) is 0 Å². The molecule has 0 aliphatic rings. The van der Waals surface area contributed by atoms with E-state index in [2.05, 4.69) is 34.0 Å². The molecule has 0 aliphatic heterocycles. The first kappa shape index (κ1) is 15.4. The molecule has 4 nitrogen and oxygen atoms in total. The molecule has 0 saturated heterocycles. The number of benzene rings is 2. The van der Waals surface area contributed by atoms with Gasteiger partial charge < -0.3 is 4.57 Å². The van der Waals surface area contributed by atoms with E-state index in [4.69, 9.17) is 4.99 Å². The Balaban J connectivity index is 1.81. The maximum Gasteiger partial charge on any atom is 0.190 e. The van der Waals surface area contributed by atoms with Gasteiger partial charge in [-0.05, 0) is 50.2 Å². The number of hydrogen-bond acceptors (Lipinski definition) is 4. The lowest BCUT2D eigenvalue weighted by Crippen LogP contribution is -2.14. The van der Waals surface area contributed by atoms with E-state index in [-0.39, 0.29) is 0 Å². The number of aryl methyl sites for hydroxylation is 1. The summed E-state index contributed by atoms with van der Waals surface area (Å²) in [4.78, 5) is 5.72. The maximum absolute atomic E-state index is 4.70. The number of nitrogens with zero attached hydrogens (tertiary/aromatic N) is 4. The molecule has 0 atom stereocenters. The SMILES string of the molecule is CCn1c(C)csc1=Nc1ccc(N=Nc2ccccc2)cc1. The summed E-state index contributed by atoms with van der Waals surface area (Å²) in [6.45, 7) is 5.16. The number of rotatable bonds is 4. The average Bonchev–Trinajstić information content (AvgIpc) is 2.95. The highest BCUT2D eigenvalue weighted by molar-refractivity contribution is 7.07. The summed E-state index contributed by atoms with van der Waals surface area (Å²) < 4.78 is 2.20. The van der Waals surface area contributed by atoms with Gasteiger partial charge in [-0.1, -0.05) is 18.2 Å². The fourth-order valence-electron chi connectivity index (χ4n) is 2.20. The van der Waals surface area contributed by atoms with Crippen LogP contribution in [0.4, 0.5) is 17.1 Å². The summed E-state index contributed by atoms with van der Waals surface area (Å²) in [5.74, 6) is 0. The Labute approximate surface area is 139 Å². The van der Waals surface area contributed by atoms with Crippen LogP contribution in [0.2, 0.25) is 0 Å². The summed E-state index contributed by atoms with van der Waals surface area (Å²) in [5.41, 5.74) is 3.83. The average molecular weight is 322 g/mol. The molecular weight excluding hydrogens is 304 g/mol. The smallest absolute Gasteiger partial charge is 0.190 e.